The molecular weight excluding hydrogens is 506 g/mol. The molecule has 1 N–H and O–H groups in total. The smallest absolute Gasteiger partial charge is 0.249 e. The molecule has 40 heavy (non-hydrogen) atoms. The number of ether oxygens (including phenoxy) is 1. The fourth-order valence-electron chi connectivity index (χ4n) is 7.34. The Morgan fingerprint density at radius 1 is 1.18 bits per heavy atom. The van der Waals surface area contributed by atoms with Crippen molar-refractivity contribution in [2.24, 2.45) is 17.8 Å². The van der Waals surface area contributed by atoms with Crippen molar-refractivity contribution in [2.45, 2.75) is 83.2 Å². The Morgan fingerprint density at radius 2 is 1.80 bits per heavy atom. The van der Waals surface area contributed by atoms with Crippen molar-refractivity contribution in [3.05, 3.63) is 55.6 Å². The molecule has 3 amide bonds. The summed E-state index contributed by atoms with van der Waals surface area (Å²) in [5.41, 5.74) is -1.97. The van der Waals surface area contributed by atoms with Gasteiger partial charge < -0.3 is 24.5 Å². The Balaban J connectivity index is 1.89. The van der Waals surface area contributed by atoms with Gasteiger partial charge in [-0.25, -0.2) is 0 Å². The minimum atomic E-state index is -1.19. The maximum absolute atomic E-state index is 14.6. The maximum atomic E-state index is 14.6. The van der Waals surface area contributed by atoms with Crippen molar-refractivity contribution in [3.63, 3.8) is 0 Å². The van der Waals surface area contributed by atoms with Crippen LogP contribution in [0.4, 0.5) is 5.69 Å². The van der Waals surface area contributed by atoms with Crippen LogP contribution in [0.3, 0.4) is 0 Å². The number of carbonyl (C=O) groups excluding carboxylic acids is 3. The van der Waals surface area contributed by atoms with Gasteiger partial charge in [0.25, 0.3) is 0 Å². The van der Waals surface area contributed by atoms with E-state index in [2.05, 4.69) is 13.2 Å². The van der Waals surface area contributed by atoms with Gasteiger partial charge in [-0.15, -0.1) is 13.2 Å². The van der Waals surface area contributed by atoms with E-state index in [1.54, 1.807) is 26.9 Å². The first kappa shape index (κ1) is 30.0. The molecule has 3 saturated heterocycles. The largest absolute Gasteiger partial charge is 0.394 e. The van der Waals surface area contributed by atoms with Gasteiger partial charge in [-0.1, -0.05) is 44.2 Å². The molecule has 1 aromatic carbocycles. The lowest BCUT2D eigenvalue weighted by atomic mass is 9.62. The molecule has 4 rings (SSSR count). The first-order valence-electron chi connectivity index (χ1n) is 14.4. The minimum Gasteiger partial charge on any atom is -0.394 e. The summed E-state index contributed by atoms with van der Waals surface area (Å²) in [6.07, 6.45) is 4.28. The zero-order valence-corrected chi connectivity index (χ0v) is 24.8. The van der Waals surface area contributed by atoms with Gasteiger partial charge in [-0.3, -0.25) is 14.4 Å². The number of aliphatic hydroxyl groups is 1. The molecule has 3 aliphatic heterocycles. The van der Waals surface area contributed by atoms with Gasteiger partial charge >= 0.3 is 0 Å². The highest BCUT2D eigenvalue weighted by atomic mass is 16.5. The second-order valence-electron chi connectivity index (χ2n) is 12.7. The lowest BCUT2D eigenvalue weighted by Gasteiger charge is -2.43. The summed E-state index contributed by atoms with van der Waals surface area (Å²) in [4.78, 5) is 48.5. The predicted octanol–water partition coefficient (Wildman–Crippen LogP) is 3.80. The molecule has 0 aromatic heterocycles. The second kappa shape index (κ2) is 10.8. The number of likely N-dealkylation sites (tertiary alicyclic amines) is 1. The normalized spacial score (nSPS) is 31.6. The standard InChI is InChI=1S/C32H45N3O5/c1-9-17-33(23-15-13-12-14-16-23)27(37)24-25-28(38)35(22(11-3)20-36)26(29(39)34(18-10-2)30(5,6)7)32(25)19-21(4)31(24,8)40-32/h9-10,12-16,21-22,24-26,36H,1-2,11,17-20H2,3-8H3/t21?,22-,24+,25-,26?,31-,32?/m0/s1. The molecule has 8 nitrogen and oxygen atoms in total. The number of rotatable bonds is 10. The van der Waals surface area contributed by atoms with Crippen LogP contribution in [0, 0.1) is 17.8 Å². The molecule has 3 fully saturated rings. The first-order valence-corrected chi connectivity index (χ1v) is 14.4. The number of aliphatic hydroxyl groups excluding tert-OH is 1. The number of benzene rings is 1. The second-order valence-corrected chi connectivity index (χ2v) is 12.7. The number of amides is 3. The molecule has 3 unspecified atom stereocenters. The fourth-order valence-corrected chi connectivity index (χ4v) is 7.34. The minimum absolute atomic E-state index is 0.0844. The number of para-hydroxylation sites is 1. The van der Waals surface area contributed by atoms with E-state index in [0.29, 0.717) is 25.1 Å². The van der Waals surface area contributed by atoms with Crippen LogP contribution in [0.15, 0.2) is 55.6 Å². The van der Waals surface area contributed by atoms with Crippen molar-refractivity contribution in [2.75, 3.05) is 24.6 Å². The van der Waals surface area contributed by atoms with Crippen LogP contribution < -0.4 is 4.90 Å². The lowest BCUT2D eigenvalue weighted by Crippen LogP contribution is -2.61. The van der Waals surface area contributed by atoms with Crippen LogP contribution in [0.25, 0.3) is 0 Å². The summed E-state index contributed by atoms with van der Waals surface area (Å²) in [5.74, 6) is -2.50. The Kier molecular flexibility index (Phi) is 8.09. The number of hydrogen-bond acceptors (Lipinski definition) is 5. The van der Waals surface area contributed by atoms with E-state index in [-0.39, 0.29) is 36.8 Å². The van der Waals surface area contributed by atoms with E-state index >= 15 is 0 Å². The van der Waals surface area contributed by atoms with E-state index in [4.69, 9.17) is 4.74 Å². The molecule has 1 aromatic rings. The van der Waals surface area contributed by atoms with Crippen LogP contribution >= 0.6 is 0 Å². The van der Waals surface area contributed by atoms with Gasteiger partial charge in [0.2, 0.25) is 17.7 Å². The van der Waals surface area contributed by atoms with Gasteiger partial charge in [0.15, 0.2) is 0 Å². The van der Waals surface area contributed by atoms with Crippen LogP contribution in [-0.4, -0.2) is 81.1 Å². The number of nitrogens with zero attached hydrogens (tertiary/aromatic N) is 3. The van der Waals surface area contributed by atoms with Crippen molar-refractivity contribution in [3.8, 4) is 0 Å². The van der Waals surface area contributed by atoms with Crippen LogP contribution in [0.1, 0.15) is 54.4 Å². The highest BCUT2D eigenvalue weighted by molar-refractivity contribution is 6.03. The average molecular weight is 552 g/mol. The van der Waals surface area contributed by atoms with Gasteiger partial charge in [-0.2, -0.15) is 0 Å². The third-order valence-electron chi connectivity index (χ3n) is 9.36. The average Bonchev–Trinajstić information content (AvgIpc) is 3.42. The molecule has 2 bridgehead atoms. The Labute approximate surface area is 238 Å². The molecule has 3 heterocycles. The molecule has 1 spiro atoms. The van der Waals surface area contributed by atoms with Gasteiger partial charge in [0, 0.05) is 24.3 Å². The van der Waals surface area contributed by atoms with Crippen LogP contribution in [0.5, 0.6) is 0 Å². The molecule has 7 atom stereocenters. The predicted molar refractivity (Wildman–Crippen MR) is 155 cm³/mol. The zero-order valence-electron chi connectivity index (χ0n) is 24.8. The topological polar surface area (TPSA) is 90.4 Å². The Bertz CT molecular complexity index is 1160. The van der Waals surface area contributed by atoms with E-state index in [9.17, 15) is 19.5 Å². The third-order valence-corrected chi connectivity index (χ3v) is 9.36. The quantitative estimate of drug-likeness (QED) is 0.447. The molecule has 0 aliphatic carbocycles. The van der Waals surface area contributed by atoms with Gasteiger partial charge in [0.1, 0.15) is 11.6 Å². The van der Waals surface area contributed by atoms with Crippen LogP contribution in [0.2, 0.25) is 0 Å². The van der Waals surface area contributed by atoms with E-state index in [0.717, 1.165) is 0 Å². The number of anilines is 1. The van der Waals surface area contributed by atoms with Crippen molar-refractivity contribution >= 4 is 23.4 Å². The van der Waals surface area contributed by atoms with E-state index < -0.39 is 40.7 Å². The van der Waals surface area contributed by atoms with Gasteiger partial charge in [0.05, 0.1) is 30.1 Å². The van der Waals surface area contributed by atoms with Crippen LogP contribution in [-0.2, 0) is 19.1 Å². The fraction of sp³-hybridized carbons (Fsp3) is 0.594. The number of hydrogen-bond donors (Lipinski definition) is 1. The Morgan fingerprint density at radius 3 is 2.33 bits per heavy atom. The summed E-state index contributed by atoms with van der Waals surface area (Å²) in [6, 6.07) is 7.81. The van der Waals surface area contributed by atoms with Gasteiger partial charge in [-0.05, 0) is 58.6 Å². The molecule has 3 aliphatic rings. The zero-order chi connectivity index (χ0) is 29.6. The highest BCUT2D eigenvalue weighted by Crippen LogP contribution is 2.66. The highest BCUT2D eigenvalue weighted by Gasteiger charge is 2.80. The summed E-state index contributed by atoms with van der Waals surface area (Å²) in [7, 11) is 0. The maximum Gasteiger partial charge on any atom is 0.249 e. The summed E-state index contributed by atoms with van der Waals surface area (Å²) in [6.45, 7) is 19.7. The third kappa shape index (κ3) is 4.40. The molecule has 0 radical (unpaired) electrons. The Hall–Kier alpha value is -2.97. The SMILES string of the molecule is C=CCN(C(=O)[C@H]1[C@H]2C(=O)N([C@@H](CC)CO)C(C(=O)N(CC=C)C(C)(C)C)C23CC(C)[C@]1(C)O3)c1ccccc1. The van der Waals surface area contributed by atoms with Crippen molar-refractivity contribution < 1.29 is 24.2 Å². The number of carbonyl (C=O) groups is 3. The summed E-state index contributed by atoms with van der Waals surface area (Å²) < 4.78 is 6.91. The molecular formula is C32H45N3O5. The monoisotopic (exact) mass is 551 g/mol. The van der Waals surface area contributed by atoms with E-state index in [1.165, 1.54) is 0 Å². The molecule has 218 valence electrons. The summed E-state index contributed by atoms with van der Waals surface area (Å²) in [5, 5.41) is 10.4. The molecule has 8 heteroatoms. The van der Waals surface area contributed by atoms with Crippen molar-refractivity contribution in [1.29, 1.82) is 0 Å². The van der Waals surface area contributed by atoms with Crippen molar-refractivity contribution in [1.82, 2.24) is 9.80 Å². The number of fused-ring (bicyclic) bond motifs is 1. The summed E-state index contributed by atoms with van der Waals surface area (Å²) >= 11 is 0. The molecule has 0 saturated carbocycles. The first-order chi connectivity index (χ1) is 18.8. The van der Waals surface area contributed by atoms with E-state index in [1.807, 2.05) is 71.9 Å². The lowest BCUT2D eigenvalue weighted by molar-refractivity contribution is -0.158.